The van der Waals surface area contributed by atoms with E-state index in [4.69, 9.17) is 0 Å². The molecule has 1 fully saturated rings. The minimum atomic E-state index is -4.34. The molecule has 0 bridgehead atoms. The van der Waals surface area contributed by atoms with Crippen molar-refractivity contribution in [3.05, 3.63) is 29.8 Å². The Morgan fingerprint density at radius 3 is 2.44 bits per heavy atom. The van der Waals surface area contributed by atoms with Crippen LogP contribution >= 0.6 is 11.8 Å². The monoisotopic (exact) mass is 275 g/mol. The Morgan fingerprint density at radius 2 is 1.94 bits per heavy atom. The number of amides is 1. The second kappa shape index (κ2) is 5.22. The van der Waals surface area contributed by atoms with Gasteiger partial charge in [-0.25, -0.2) is 0 Å². The van der Waals surface area contributed by atoms with Crippen LogP contribution in [0, 0.1) is 5.92 Å². The first-order valence-corrected chi connectivity index (χ1v) is 6.68. The van der Waals surface area contributed by atoms with E-state index >= 15 is 0 Å². The van der Waals surface area contributed by atoms with Crippen molar-refractivity contribution >= 4 is 23.4 Å². The lowest BCUT2D eigenvalue weighted by Gasteiger charge is -2.11. The first-order valence-electron chi connectivity index (χ1n) is 5.52. The van der Waals surface area contributed by atoms with Gasteiger partial charge in [-0.3, -0.25) is 4.79 Å². The average molecular weight is 275 g/mol. The summed E-state index contributed by atoms with van der Waals surface area (Å²) in [5.41, 5.74) is -0.304. The molecule has 1 aliphatic rings. The number of alkyl halides is 3. The fraction of sp³-hybridized carbons (Fsp3) is 0.417. The zero-order valence-corrected chi connectivity index (χ0v) is 10.3. The van der Waals surface area contributed by atoms with E-state index in [9.17, 15) is 18.0 Å². The molecule has 1 N–H and O–H groups in total. The highest BCUT2D eigenvalue weighted by Crippen LogP contribution is 2.30. The fourth-order valence-corrected chi connectivity index (χ4v) is 2.95. The first kappa shape index (κ1) is 13.3. The van der Waals surface area contributed by atoms with Gasteiger partial charge in [0, 0.05) is 17.4 Å². The number of carbonyl (C=O) groups excluding carboxylic acids is 1. The fourth-order valence-electron chi connectivity index (χ4n) is 1.73. The van der Waals surface area contributed by atoms with E-state index in [0.717, 1.165) is 30.1 Å². The van der Waals surface area contributed by atoms with E-state index < -0.39 is 11.7 Å². The summed E-state index contributed by atoms with van der Waals surface area (Å²) < 4.78 is 37.0. The summed E-state index contributed by atoms with van der Waals surface area (Å²) >= 11 is 1.72. The van der Waals surface area contributed by atoms with Crippen LogP contribution in [-0.2, 0) is 11.0 Å². The number of halogens is 3. The Bertz CT molecular complexity index is 424. The molecular formula is C12H12F3NOS. The molecule has 1 saturated heterocycles. The SMILES string of the molecule is O=C(Nc1ccc(C(F)(F)F)cc1)C1CCSC1. The van der Waals surface area contributed by atoms with Gasteiger partial charge < -0.3 is 5.32 Å². The number of carbonyl (C=O) groups is 1. The third-order valence-corrected chi connectivity index (χ3v) is 3.94. The first-order chi connectivity index (χ1) is 8.47. The lowest BCUT2D eigenvalue weighted by molar-refractivity contribution is -0.137. The molecule has 1 aliphatic heterocycles. The molecule has 2 rings (SSSR count). The molecule has 0 aromatic heterocycles. The zero-order chi connectivity index (χ0) is 13.2. The molecular weight excluding hydrogens is 263 g/mol. The zero-order valence-electron chi connectivity index (χ0n) is 9.46. The maximum atomic E-state index is 12.3. The van der Waals surface area contributed by atoms with Crippen LogP contribution in [0.1, 0.15) is 12.0 Å². The highest BCUT2D eigenvalue weighted by molar-refractivity contribution is 7.99. The van der Waals surface area contributed by atoms with Crippen molar-refractivity contribution in [2.45, 2.75) is 12.6 Å². The van der Waals surface area contributed by atoms with Crippen molar-refractivity contribution in [3.8, 4) is 0 Å². The second-order valence-electron chi connectivity index (χ2n) is 4.12. The van der Waals surface area contributed by atoms with Crippen molar-refractivity contribution in [3.63, 3.8) is 0 Å². The maximum absolute atomic E-state index is 12.3. The molecule has 1 amide bonds. The highest BCUT2D eigenvalue weighted by Gasteiger charge is 2.30. The maximum Gasteiger partial charge on any atom is 0.416 e. The van der Waals surface area contributed by atoms with Crippen molar-refractivity contribution in [1.29, 1.82) is 0 Å². The Labute approximate surface area is 107 Å². The number of nitrogens with one attached hydrogen (secondary N) is 1. The number of anilines is 1. The predicted octanol–water partition coefficient (Wildman–Crippen LogP) is 3.40. The number of hydrogen-bond donors (Lipinski definition) is 1. The van der Waals surface area contributed by atoms with E-state index in [-0.39, 0.29) is 11.8 Å². The Kier molecular flexibility index (Phi) is 3.85. The van der Waals surface area contributed by atoms with Crippen LogP contribution in [-0.4, -0.2) is 17.4 Å². The Hall–Kier alpha value is -1.17. The van der Waals surface area contributed by atoms with Crippen LogP contribution in [0.5, 0.6) is 0 Å². The molecule has 98 valence electrons. The van der Waals surface area contributed by atoms with E-state index in [2.05, 4.69) is 5.32 Å². The molecule has 0 saturated carbocycles. The summed E-state index contributed by atoms with van der Waals surface area (Å²) in [7, 11) is 0. The molecule has 0 radical (unpaired) electrons. The van der Waals surface area contributed by atoms with Gasteiger partial charge in [-0.2, -0.15) is 24.9 Å². The molecule has 0 spiro atoms. The van der Waals surface area contributed by atoms with Crippen LogP contribution in [0.2, 0.25) is 0 Å². The van der Waals surface area contributed by atoms with Crippen LogP contribution in [0.3, 0.4) is 0 Å². The number of hydrogen-bond acceptors (Lipinski definition) is 2. The predicted molar refractivity (Wildman–Crippen MR) is 65.5 cm³/mol. The summed E-state index contributed by atoms with van der Waals surface area (Å²) in [5.74, 6) is 1.61. The van der Waals surface area contributed by atoms with Crippen molar-refractivity contribution in [1.82, 2.24) is 0 Å². The van der Waals surface area contributed by atoms with E-state index in [1.165, 1.54) is 12.1 Å². The van der Waals surface area contributed by atoms with Crippen LogP contribution in [0.4, 0.5) is 18.9 Å². The molecule has 1 atom stereocenters. The van der Waals surface area contributed by atoms with Crippen LogP contribution in [0.25, 0.3) is 0 Å². The minimum Gasteiger partial charge on any atom is -0.326 e. The topological polar surface area (TPSA) is 29.1 Å². The number of rotatable bonds is 2. The van der Waals surface area contributed by atoms with Gasteiger partial charge in [0.1, 0.15) is 0 Å². The Balaban J connectivity index is 2.00. The average Bonchev–Trinajstić information content (AvgIpc) is 2.82. The standard InChI is InChI=1S/C12H12F3NOS/c13-12(14,15)9-1-3-10(4-2-9)16-11(17)8-5-6-18-7-8/h1-4,8H,5-7H2,(H,16,17). The van der Waals surface area contributed by atoms with Gasteiger partial charge >= 0.3 is 6.18 Å². The third-order valence-electron chi connectivity index (χ3n) is 2.78. The molecule has 1 heterocycles. The molecule has 1 aromatic rings. The third kappa shape index (κ3) is 3.19. The normalized spacial score (nSPS) is 19.8. The van der Waals surface area contributed by atoms with Gasteiger partial charge in [0.2, 0.25) is 5.91 Å². The van der Waals surface area contributed by atoms with Gasteiger partial charge in [0.25, 0.3) is 0 Å². The van der Waals surface area contributed by atoms with E-state index in [0.29, 0.717) is 5.69 Å². The molecule has 1 unspecified atom stereocenters. The van der Waals surface area contributed by atoms with E-state index in [1.807, 2.05) is 0 Å². The van der Waals surface area contributed by atoms with Crippen LogP contribution < -0.4 is 5.32 Å². The van der Waals surface area contributed by atoms with Crippen molar-refractivity contribution in [2.75, 3.05) is 16.8 Å². The molecule has 6 heteroatoms. The van der Waals surface area contributed by atoms with Gasteiger partial charge in [-0.1, -0.05) is 0 Å². The molecule has 2 nitrogen and oxygen atoms in total. The summed E-state index contributed by atoms with van der Waals surface area (Å²) in [6, 6.07) is 4.50. The van der Waals surface area contributed by atoms with Crippen molar-refractivity contribution < 1.29 is 18.0 Å². The molecule has 18 heavy (non-hydrogen) atoms. The van der Waals surface area contributed by atoms with E-state index in [1.54, 1.807) is 11.8 Å². The largest absolute Gasteiger partial charge is 0.416 e. The summed E-state index contributed by atoms with van der Waals surface area (Å²) in [4.78, 5) is 11.7. The minimum absolute atomic E-state index is 0.0303. The summed E-state index contributed by atoms with van der Waals surface area (Å²) in [6.07, 6.45) is -3.51. The highest BCUT2D eigenvalue weighted by atomic mass is 32.2. The smallest absolute Gasteiger partial charge is 0.326 e. The van der Waals surface area contributed by atoms with Gasteiger partial charge in [-0.15, -0.1) is 0 Å². The molecule has 1 aromatic carbocycles. The van der Waals surface area contributed by atoms with Crippen molar-refractivity contribution in [2.24, 2.45) is 5.92 Å². The summed E-state index contributed by atoms with van der Waals surface area (Å²) in [6.45, 7) is 0. The number of benzene rings is 1. The van der Waals surface area contributed by atoms with Gasteiger partial charge in [0.05, 0.1) is 5.56 Å². The number of thioether (sulfide) groups is 1. The van der Waals surface area contributed by atoms with Crippen LogP contribution in [0.15, 0.2) is 24.3 Å². The lowest BCUT2D eigenvalue weighted by atomic mass is 10.1. The lowest BCUT2D eigenvalue weighted by Crippen LogP contribution is -2.22. The van der Waals surface area contributed by atoms with Gasteiger partial charge in [0.15, 0.2) is 0 Å². The quantitative estimate of drug-likeness (QED) is 0.896. The second-order valence-corrected chi connectivity index (χ2v) is 5.27. The molecule has 0 aliphatic carbocycles. The Morgan fingerprint density at radius 1 is 1.28 bits per heavy atom. The summed E-state index contributed by atoms with van der Waals surface area (Å²) in [5, 5.41) is 2.64. The van der Waals surface area contributed by atoms with Gasteiger partial charge in [-0.05, 0) is 36.4 Å².